The molecule has 0 fully saturated rings. The van der Waals surface area contributed by atoms with Crippen LogP contribution in [0.4, 0.5) is 0 Å². The molecule has 0 radical (unpaired) electrons. The quantitative estimate of drug-likeness (QED) is 0.533. The molecule has 3 aromatic rings. The Hall–Kier alpha value is -3.34. The Bertz CT molecular complexity index is 956. The van der Waals surface area contributed by atoms with Crippen molar-refractivity contribution in [2.45, 2.75) is 20.4 Å². The molecule has 0 aliphatic rings. The molecule has 27 heavy (non-hydrogen) atoms. The van der Waals surface area contributed by atoms with Crippen molar-refractivity contribution in [1.82, 2.24) is 4.57 Å². The first kappa shape index (κ1) is 18.5. The van der Waals surface area contributed by atoms with Crippen molar-refractivity contribution < 1.29 is 19.4 Å². The number of Topliss-reactive ketones (excluding diaryl/α,β-unsaturated/α-hetero) is 1. The Morgan fingerprint density at radius 2 is 1.67 bits per heavy atom. The zero-order valence-corrected chi connectivity index (χ0v) is 15.3. The summed E-state index contributed by atoms with van der Waals surface area (Å²) in [5.74, 6) is -0.774. The largest absolute Gasteiger partial charge is 0.508 e. The lowest BCUT2D eigenvalue weighted by Gasteiger charge is -2.10. The smallest absolute Gasteiger partial charge is 0.338 e. The van der Waals surface area contributed by atoms with Crippen molar-refractivity contribution in [3.8, 4) is 5.75 Å². The Labute approximate surface area is 157 Å². The van der Waals surface area contributed by atoms with Gasteiger partial charge in [-0.3, -0.25) is 4.79 Å². The number of carbonyl (C=O) groups excluding carboxylic acids is 2. The number of aromatic nitrogens is 1. The number of aromatic hydroxyl groups is 1. The van der Waals surface area contributed by atoms with Crippen LogP contribution in [0.25, 0.3) is 0 Å². The zero-order valence-electron chi connectivity index (χ0n) is 15.3. The van der Waals surface area contributed by atoms with E-state index in [1.54, 1.807) is 0 Å². The highest BCUT2D eigenvalue weighted by atomic mass is 16.5. The minimum atomic E-state index is -0.596. The molecule has 1 heterocycles. The van der Waals surface area contributed by atoms with Gasteiger partial charge >= 0.3 is 5.97 Å². The van der Waals surface area contributed by atoms with Gasteiger partial charge in [0.2, 0.25) is 5.78 Å². The molecule has 0 amide bonds. The average molecular weight is 363 g/mol. The maximum absolute atomic E-state index is 12.5. The van der Waals surface area contributed by atoms with Crippen molar-refractivity contribution in [3.63, 3.8) is 0 Å². The van der Waals surface area contributed by atoms with Gasteiger partial charge < -0.3 is 14.4 Å². The highest BCUT2D eigenvalue weighted by Gasteiger charge is 2.18. The molecular weight excluding hydrogens is 342 g/mol. The minimum Gasteiger partial charge on any atom is -0.508 e. The summed E-state index contributed by atoms with van der Waals surface area (Å²) in [4.78, 5) is 24.6. The summed E-state index contributed by atoms with van der Waals surface area (Å²) in [6, 6.07) is 17.6. The molecule has 5 nitrogen and oxygen atoms in total. The van der Waals surface area contributed by atoms with Gasteiger partial charge in [0.1, 0.15) is 5.75 Å². The lowest BCUT2D eigenvalue weighted by molar-refractivity contribution is 0.0474. The maximum atomic E-state index is 12.5. The van der Waals surface area contributed by atoms with Crippen molar-refractivity contribution in [1.29, 1.82) is 0 Å². The van der Waals surface area contributed by atoms with Gasteiger partial charge in [-0.15, -0.1) is 0 Å². The summed E-state index contributed by atoms with van der Waals surface area (Å²) < 4.78 is 7.20. The van der Waals surface area contributed by atoms with Crippen LogP contribution in [0, 0.1) is 13.8 Å². The van der Waals surface area contributed by atoms with Crippen molar-refractivity contribution in [2.24, 2.45) is 0 Å². The van der Waals surface area contributed by atoms with Crippen molar-refractivity contribution >= 4 is 11.8 Å². The van der Waals surface area contributed by atoms with E-state index in [-0.39, 0.29) is 23.7 Å². The number of phenols is 1. The van der Waals surface area contributed by atoms with Crippen LogP contribution in [0.5, 0.6) is 5.75 Å². The topological polar surface area (TPSA) is 68.5 Å². The Kier molecular flexibility index (Phi) is 5.41. The maximum Gasteiger partial charge on any atom is 0.338 e. The van der Waals surface area contributed by atoms with E-state index >= 15 is 0 Å². The summed E-state index contributed by atoms with van der Waals surface area (Å²) >= 11 is 0. The lowest BCUT2D eigenvalue weighted by Crippen LogP contribution is -2.15. The van der Waals surface area contributed by atoms with E-state index in [4.69, 9.17) is 4.74 Å². The average Bonchev–Trinajstić information content (AvgIpc) is 2.95. The van der Waals surface area contributed by atoms with E-state index in [1.165, 1.54) is 24.3 Å². The van der Waals surface area contributed by atoms with E-state index in [2.05, 4.69) is 4.57 Å². The van der Waals surface area contributed by atoms with Crippen LogP contribution in [0.2, 0.25) is 0 Å². The third kappa shape index (κ3) is 4.26. The number of carbonyl (C=O) groups is 2. The molecule has 0 aliphatic carbocycles. The van der Waals surface area contributed by atoms with Crippen LogP contribution in [0.3, 0.4) is 0 Å². The van der Waals surface area contributed by atoms with E-state index < -0.39 is 5.97 Å². The standard InChI is InChI=1S/C22H21NO4/c1-15-12-20(16(2)23(15)13-17-6-4-3-5-7-17)21(25)14-27-22(26)18-8-10-19(24)11-9-18/h3-12,24H,13-14H2,1-2H3. The number of rotatable bonds is 6. The fraction of sp³-hybridized carbons (Fsp3) is 0.182. The van der Waals surface area contributed by atoms with Gasteiger partial charge in [0, 0.05) is 23.5 Å². The summed E-state index contributed by atoms with van der Waals surface area (Å²) in [7, 11) is 0. The second kappa shape index (κ2) is 7.91. The molecule has 0 bridgehead atoms. The number of phenolic OH excluding ortho intramolecular Hbond substituents is 1. The predicted octanol–water partition coefficient (Wildman–Crippen LogP) is 3.90. The van der Waals surface area contributed by atoms with Gasteiger partial charge in [-0.1, -0.05) is 30.3 Å². The minimum absolute atomic E-state index is 0.0634. The molecule has 1 N–H and O–H groups in total. The molecule has 5 heteroatoms. The van der Waals surface area contributed by atoms with Crippen LogP contribution >= 0.6 is 0 Å². The molecular formula is C22H21NO4. The second-order valence-corrected chi connectivity index (χ2v) is 6.40. The number of esters is 1. The summed E-state index contributed by atoms with van der Waals surface area (Å²) in [6.45, 7) is 4.20. The highest BCUT2D eigenvalue weighted by Crippen LogP contribution is 2.18. The summed E-state index contributed by atoms with van der Waals surface area (Å²) in [5.41, 5.74) is 3.82. The number of hydrogen-bond donors (Lipinski definition) is 1. The third-order valence-corrected chi connectivity index (χ3v) is 4.49. The first-order valence-electron chi connectivity index (χ1n) is 8.65. The van der Waals surface area contributed by atoms with Crippen LogP contribution < -0.4 is 0 Å². The zero-order chi connectivity index (χ0) is 19.4. The highest BCUT2D eigenvalue weighted by molar-refractivity contribution is 6.00. The van der Waals surface area contributed by atoms with Gasteiger partial charge in [0.25, 0.3) is 0 Å². The SMILES string of the molecule is Cc1cc(C(=O)COC(=O)c2ccc(O)cc2)c(C)n1Cc1ccccc1. The van der Waals surface area contributed by atoms with Gasteiger partial charge in [-0.25, -0.2) is 4.79 Å². The van der Waals surface area contributed by atoms with Crippen molar-refractivity contribution in [3.05, 3.63) is 88.7 Å². The molecule has 0 saturated carbocycles. The molecule has 3 rings (SSSR count). The van der Waals surface area contributed by atoms with Crippen molar-refractivity contribution in [2.75, 3.05) is 6.61 Å². The third-order valence-electron chi connectivity index (χ3n) is 4.49. The predicted molar refractivity (Wildman–Crippen MR) is 102 cm³/mol. The Morgan fingerprint density at radius 3 is 2.33 bits per heavy atom. The molecule has 0 unspecified atom stereocenters. The molecule has 138 valence electrons. The number of ether oxygens (including phenoxy) is 1. The van der Waals surface area contributed by atoms with E-state index in [0.29, 0.717) is 12.1 Å². The van der Waals surface area contributed by atoms with E-state index in [1.807, 2.05) is 50.2 Å². The fourth-order valence-electron chi connectivity index (χ4n) is 2.98. The molecule has 0 atom stereocenters. The molecule has 2 aromatic carbocycles. The monoisotopic (exact) mass is 363 g/mol. The van der Waals surface area contributed by atoms with Crippen LogP contribution in [-0.4, -0.2) is 28.0 Å². The van der Waals surface area contributed by atoms with E-state index in [9.17, 15) is 14.7 Å². The van der Waals surface area contributed by atoms with Crippen LogP contribution in [0.15, 0.2) is 60.7 Å². The number of hydrogen-bond acceptors (Lipinski definition) is 4. The molecule has 1 aromatic heterocycles. The van der Waals surface area contributed by atoms with Gasteiger partial charge in [-0.05, 0) is 49.7 Å². The lowest BCUT2D eigenvalue weighted by atomic mass is 10.1. The van der Waals surface area contributed by atoms with Gasteiger partial charge in [0.05, 0.1) is 5.56 Å². The Balaban J connectivity index is 1.69. The molecule has 0 saturated heterocycles. The number of ketones is 1. The number of aryl methyl sites for hydroxylation is 1. The fourth-order valence-corrected chi connectivity index (χ4v) is 2.98. The normalized spacial score (nSPS) is 10.6. The number of benzene rings is 2. The first-order chi connectivity index (χ1) is 13.0. The Morgan fingerprint density at radius 1 is 1.00 bits per heavy atom. The first-order valence-corrected chi connectivity index (χ1v) is 8.65. The number of nitrogens with zero attached hydrogens (tertiary/aromatic N) is 1. The summed E-state index contributed by atoms with van der Waals surface area (Å²) in [6.07, 6.45) is 0. The molecule has 0 aliphatic heterocycles. The van der Waals surface area contributed by atoms with Crippen LogP contribution in [-0.2, 0) is 11.3 Å². The van der Waals surface area contributed by atoms with Gasteiger partial charge in [0.15, 0.2) is 6.61 Å². The summed E-state index contributed by atoms with van der Waals surface area (Å²) in [5, 5.41) is 9.26. The van der Waals surface area contributed by atoms with Crippen LogP contribution in [0.1, 0.15) is 37.7 Å². The van der Waals surface area contributed by atoms with Gasteiger partial charge in [-0.2, -0.15) is 0 Å². The van der Waals surface area contributed by atoms with E-state index in [0.717, 1.165) is 17.0 Å². The molecule has 0 spiro atoms. The second-order valence-electron chi connectivity index (χ2n) is 6.40.